The summed E-state index contributed by atoms with van der Waals surface area (Å²) in [6.07, 6.45) is 1.77. The van der Waals surface area contributed by atoms with Crippen LogP contribution in [0.15, 0.2) is 41.9 Å². The molecule has 2 heterocycles. The Balaban J connectivity index is 1.62. The van der Waals surface area contributed by atoms with E-state index in [0.29, 0.717) is 16.5 Å². The van der Waals surface area contributed by atoms with Gasteiger partial charge < -0.3 is 10.6 Å². The van der Waals surface area contributed by atoms with Crippen molar-refractivity contribution >= 4 is 44.9 Å². The van der Waals surface area contributed by atoms with E-state index in [2.05, 4.69) is 20.6 Å². The number of hydrogen-bond acceptors (Lipinski definition) is 5. The molecule has 0 fully saturated rings. The predicted molar refractivity (Wildman–Crippen MR) is 99.7 cm³/mol. The molecule has 0 spiro atoms. The number of hydrogen-bond donors (Lipinski definition) is 2. The third kappa shape index (κ3) is 4.39. The van der Waals surface area contributed by atoms with Crippen molar-refractivity contribution in [3.05, 3.63) is 47.6 Å². The Kier molecular flexibility index (Phi) is 5.04. The topological polar surface area (TPSA) is 84.0 Å². The van der Waals surface area contributed by atoms with Gasteiger partial charge in [-0.2, -0.15) is 0 Å². The highest BCUT2D eigenvalue weighted by atomic mass is 32.1. The maximum absolute atomic E-state index is 12.2. The van der Waals surface area contributed by atoms with Crippen LogP contribution in [0.3, 0.4) is 0 Å². The first-order valence-corrected chi connectivity index (χ1v) is 8.79. The van der Waals surface area contributed by atoms with Gasteiger partial charge in [0.2, 0.25) is 11.8 Å². The summed E-state index contributed by atoms with van der Waals surface area (Å²) < 4.78 is 0. The van der Waals surface area contributed by atoms with Crippen LogP contribution in [0.4, 0.5) is 10.8 Å². The van der Waals surface area contributed by atoms with Gasteiger partial charge in [-0.15, -0.1) is 11.3 Å². The third-order valence-corrected chi connectivity index (χ3v) is 4.33. The maximum Gasteiger partial charge on any atom is 0.230 e. The minimum Gasteiger partial charge on any atom is -0.324 e. The number of rotatable bonds is 5. The number of nitrogens with one attached hydrogen (secondary N) is 2. The number of carbonyl (C=O) groups is 2. The molecule has 2 N–H and O–H groups in total. The molecule has 0 aliphatic heterocycles. The molecule has 2 amide bonds. The van der Waals surface area contributed by atoms with E-state index in [9.17, 15) is 9.59 Å². The van der Waals surface area contributed by atoms with Gasteiger partial charge >= 0.3 is 0 Å². The maximum atomic E-state index is 12.2. The van der Waals surface area contributed by atoms with Crippen molar-refractivity contribution in [2.75, 3.05) is 10.6 Å². The van der Waals surface area contributed by atoms with E-state index in [1.54, 1.807) is 11.6 Å². The van der Waals surface area contributed by atoms with Gasteiger partial charge in [-0.1, -0.05) is 32.0 Å². The number of fused-ring (bicyclic) bond motifs is 1. The van der Waals surface area contributed by atoms with Gasteiger partial charge in [-0.05, 0) is 12.1 Å². The van der Waals surface area contributed by atoms with Crippen LogP contribution in [0.5, 0.6) is 0 Å². The lowest BCUT2D eigenvalue weighted by molar-refractivity contribution is -0.119. The number of pyridine rings is 1. The minimum absolute atomic E-state index is 0.0902. The molecule has 0 bridgehead atoms. The summed E-state index contributed by atoms with van der Waals surface area (Å²) in [4.78, 5) is 32.5. The number of anilines is 2. The second kappa shape index (κ2) is 7.40. The Labute approximate surface area is 149 Å². The van der Waals surface area contributed by atoms with E-state index in [0.717, 1.165) is 10.9 Å². The van der Waals surface area contributed by atoms with Crippen molar-refractivity contribution in [1.82, 2.24) is 9.97 Å². The molecule has 0 unspecified atom stereocenters. The SMILES string of the molecule is CC(C)C(=O)Nc1nc(CC(=O)Nc2cnc3ccccc3c2)cs1. The Morgan fingerprint density at radius 3 is 2.80 bits per heavy atom. The first-order chi connectivity index (χ1) is 12.0. The molecule has 128 valence electrons. The predicted octanol–water partition coefficient (Wildman–Crippen LogP) is 3.47. The molecule has 6 nitrogen and oxygen atoms in total. The zero-order chi connectivity index (χ0) is 17.8. The van der Waals surface area contributed by atoms with Crippen LogP contribution in [0.2, 0.25) is 0 Å². The fourth-order valence-corrected chi connectivity index (χ4v) is 2.92. The fraction of sp³-hybridized carbons (Fsp3) is 0.222. The molecule has 0 atom stereocenters. The lowest BCUT2D eigenvalue weighted by atomic mass is 10.2. The van der Waals surface area contributed by atoms with Crippen LogP contribution in [0.25, 0.3) is 10.9 Å². The lowest BCUT2D eigenvalue weighted by Crippen LogP contribution is -2.18. The van der Waals surface area contributed by atoms with Gasteiger partial charge in [0.1, 0.15) is 0 Å². The van der Waals surface area contributed by atoms with Gasteiger partial charge in [0, 0.05) is 16.7 Å². The molecule has 0 saturated carbocycles. The van der Waals surface area contributed by atoms with Crippen LogP contribution < -0.4 is 10.6 Å². The van der Waals surface area contributed by atoms with E-state index in [1.807, 2.05) is 44.2 Å². The average molecular weight is 354 g/mol. The summed E-state index contributed by atoms with van der Waals surface area (Å²) in [5, 5.41) is 8.80. The molecule has 0 saturated heterocycles. The van der Waals surface area contributed by atoms with E-state index < -0.39 is 0 Å². The molecular formula is C18H18N4O2S. The van der Waals surface area contributed by atoms with Crippen molar-refractivity contribution in [2.45, 2.75) is 20.3 Å². The molecule has 0 aliphatic rings. The van der Waals surface area contributed by atoms with Gasteiger partial charge in [0.25, 0.3) is 0 Å². The zero-order valence-electron chi connectivity index (χ0n) is 13.9. The first-order valence-electron chi connectivity index (χ1n) is 7.91. The van der Waals surface area contributed by atoms with Crippen molar-refractivity contribution in [1.29, 1.82) is 0 Å². The largest absolute Gasteiger partial charge is 0.324 e. The van der Waals surface area contributed by atoms with Crippen LogP contribution in [0, 0.1) is 5.92 Å². The molecular weight excluding hydrogens is 336 g/mol. The number of nitrogens with zero attached hydrogens (tertiary/aromatic N) is 2. The van der Waals surface area contributed by atoms with Crippen molar-refractivity contribution in [2.24, 2.45) is 5.92 Å². The Hall–Kier alpha value is -2.80. The summed E-state index contributed by atoms with van der Waals surface area (Å²) in [6.45, 7) is 3.63. The third-order valence-electron chi connectivity index (χ3n) is 3.52. The summed E-state index contributed by atoms with van der Waals surface area (Å²) in [6, 6.07) is 9.60. The summed E-state index contributed by atoms with van der Waals surface area (Å²) in [7, 11) is 0. The number of thiazole rings is 1. The van der Waals surface area contributed by atoms with E-state index in [-0.39, 0.29) is 24.2 Å². The number of amides is 2. The Morgan fingerprint density at radius 2 is 2.00 bits per heavy atom. The second-order valence-corrected chi connectivity index (χ2v) is 6.79. The molecule has 0 radical (unpaired) electrons. The van der Waals surface area contributed by atoms with Gasteiger partial charge in [-0.3, -0.25) is 14.6 Å². The standard InChI is InChI=1S/C18H18N4O2S/c1-11(2)17(24)22-18-21-14(10-25-18)8-16(23)20-13-7-12-5-3-4-6-15(12)19-9-13/h3-7,9-11H,8H2,1-2H3,(H,20,23)(H,21,22,24). The van der Waals surface area contributed by atoms with Crippen LogP contribution in [0.1, 0.15) is 19.5 Å². The van der Waals surface area contributed by atoms with Crippen LogP contribution >= 0.6 is 11.3 Å². The molecule has 2 aromatic heterocycles. The number of carbonyl (C=O) groups excluding carboxylic acids is 2. The molecule has 25 heavy (non-hydrogen) atoms. The second-order valence-electron chi connectivity index (χ2n) is 5.93. The van der Waals surface area contributed by atoms with E-state index in [1.165, 1.54) is 11.3 Å². The number of para-hydroxylation sites is 1. The molecule has 0 aliphatic carbocycles. The van der Waals surface area contributed by atoms with Gasteiger partial charge in [0.15, 0.2) is 5.13 Å². The summed E-state index contributed by atoms with van der Waals surface area (Å²) >= 11 is 1.31. The minimum atomic E-state index is -0.177. The highest BCUT2D eigenvalue weighted by molar-refractivity contribution is 7.13. The normalized spacial score (nSPS) is 10.8. The smallest absolute Gasteiger partial charge is 0.230 e. The van der Waals surface area contributed by atoms with E-state index >= 15 is 0 Å². The molecule has 3 rings (SSSR count). The average Bonchev–Trinajstić information content (AvgIpc) is 3.01. The summed E-state index contributed by atoms with van der Waals surface area (Å²) in [5.74, 6) is -0.382. The van der Waals surface area contributed by atoms with Gasteiger partial charge in [0.05, 0.1) is 29.5 Å². The quantitative estimate of drug-likeness (QED) is 0.735. The zero-order valence-corrected chi connectivity index (χ0v) is 14.8. The van der Waals surface area contributed by atoms with Crippen LogP contribution in [-0.4, -0.2) is 21.8 Å². The van der Waals surface area contributed by atoms with Gasteiger partial charge in [-0.25, -0.2) is 4.98 Å². The molecule has 3 aromatic rings. The fourth-order valence-electron chi connectivity index (χ4n) is 2.20. The lowest BCUT2D eigenvalue weighted by Gasteiger charge is -2.05. The van der Waals surface area contributed by atoms with Crippen molar-refractivity contribution in [3.63, 3.8) is 0 Å². The molecule has 1 aromatic carbocycles. The number of aromatic nitrogens is 2. The Bertz CT molecular complexity index is 920. The monoisotopic (exact) mass is 354 g/mol. The van der Waals surface area contributed by atoms with Crippen molar-refractivity contribution in [3.8, 4) is 0 Å². The van der Waals surface area contributed by atoms with Crippen LogP contribution in [-0.2, 0) is 16.0 Å². The molecule has 7 heteroatoms. The first kappa shape index (κ1) is 17.0. The number of benzene rings is 1. The van der Waals surface area contributed by atoms with E-state index in [4.69, 9.17) is 0 Å². The highest BCUT2D eigenvalue weighted by Crippen LogP contribution is 2.18. The highest BCUT2D eigenvalue weighted by Gasteiger charge is 2.12. The summed E-state index contributed by atoms with van der Waals surface area (Å²) in [5.41, 5.74) is 2.15. The van der Waals surface area contributed by atoms with Crippen molar-refractivity contribution < 1.29 is 9.59 Å². The Morgan fingerprint density at radius 1 is 1.20 bits per heavy atom.